The van der Waals surface area contributed by atoms with Crippen LogP contribution in [0, 0.1) is 6.92 Å². The van der Waals surface area contributed by atoms with Gasteiger partial charge in [0.25, 0.3) is 0 Å². The number of benzene rings is 3. The Morgan fingerprint density at radius 2 is 1.75 bits per heavy atom. The van der Waals surface area contributed by atoms with Crippen LogP contribution < -0.4 is 11.2 Å². The second-order valence-electron chi connectivity index (χ2n) is 6.61. The van der Waals surface area contributed by atoms with E-state index in [9.17, 15) is 0 Å². The van der Waals surface area contributed by atoms with Crippen molar-refractivity contribution in [3.8, 4) is 22.4 Å². The number of aromatic amines is 1. The molecule has 1 aromatic heterocycles. The summed E-state index contributed by atoms with van der Waals surface area (Å²) in [6, 6.07) is 25.0. The maximum absolute atomic E-state index is 5.53. The van der Waals surface area contributed by atoms with E-state index in [4.69, 9.17) is 18.0 Å². The number of hydrogen-bond acceptors (Lipinski definition) is 2. The molecule has 0 unspecified atom stereocenters. The largest absolute Gasteiger partial charge is 0.375 e. The molecule has 0 saturated heterocycles. The minimum Gasteiger partial charge on any atom is -0.375 e. The lowest BCUT2D eigenvalue weighted by Crippen LogP contribution is -2.24. The first-order chi connectivity index (χ1) is 13.6. The van der Waals surface area contributed by atoms with Crippen LogP contribution in [0.1, 0.15) is 11.1 Å². The minimum absolute atomic E-state index is 0.135. The van der Waals surface area contributed by atoms with E-state index in [0.29, 0.717) is 0 Å². The molecule has 0 radical (unpaired) electrons. The van der Waals surface area contributed by atoms with Gasteiger partial charge in [-0.3, -0.25) is 5.43 Å². The third kappa shape index (κ3) is 3.52. The first-order valence-corrected chi connectivity index (χ1v) is 9.40. The molecular weight excluding hydrogens is 364 g/mol. The van der Waals surface area contributed by atoms with E-state index in [0.717, 1.165) is 33.3 Å². The van der Waals surface area contributed by atoms with Gasteiger partial charge >= 0.3 is 0 Å². The number of nitrogens with one attached hydrogen (secondary N) is 2. The molecule has 5 heteroatoms. The molecule has 0 aliphatic carbocycles. The number of H-pyrrole nitrogens is 1. The fourth-order valence-corrected chi connectivity index (χ4v) is 3.50. The lowest BCUT2D eigenvalue weighted by molar-refractivity contribution is 1.04. The summed E-state index contributed by atoms with van der Waals surface area (Å²) in [5, 5.41) is 5.49. The summed E-state index contributed by atoms with van der Waals surface area (Å²) in [7, 11) is 0. The molecule has 28 heavy (non-hydrogen) atoms. The molecule has 4 N–H and O–H groups in total. The van der Waals surface area contributed by atoms with Crippen LogP contribution in [0.4, 0.5) is 0 Å². The smallest absolute Gasteiger partial charge is 0.184 e. The van der Waals surface area contributed by atoms with Gasteiger partial charge in [0.05, 0.1) is 11.9 Å². The van der Waals surface area contributed by atoms with Gasteiger partial charge in [0, 0.05) is 16.5 Å². The highest BCUT2D eigenvalue weighted by Crippen LogP contribution is 2.36. The number of hydrogen-bond donors (Lipinski definition) is 3. The number of thiocarbonyl (C=S) groups is 1. The van der Waals surface area contributed by atoms with Crippen LogP contribution in [0.3, 0.4) is 0 Å². The summed E-state index contributed by atoms with van der Waals surface area (Å²) in [6.45, 7) is 2.10. The standard InChI is InChI=1S/C23H20N4S/c1-15-7-5-10-17(13-15)18-11-6-12-20-21(18)19(14-25-27-23(24)28)22(26-20)16-8-3-2-4-9-16/h2-14,26H,1H3,(H3,24,27,28). The third-order valence-corrected chi connectivity index (χ3v) is 4.71. The first kappa shape index (κ1) is 17.9. The van der Waals surface area contributed by atoms with Gasteiger partial charge in [-0.2, -0.15) is 5.10 Å². The van der Waals surface area contributed by atoms with E-state index >= 15 is 0 Å². The highest BCUT2D eigenvalue weighted by Gasteiger charge is 2.16. The van der Waals surface area contributed by atoms with E-state index in [1.807, 2.05) is 18.2 Å². The molecule has 4 nitrogen and oxygen atoms in total. The number of aryl methyl sites for hydroxylation is 1. The number of fused-ring (bicyclic) bond motifs is 1. The number of aromatic nitrogens is 1. The van der Waals surface area contributed by atoms with Crippen molar-refractivity contribution in [3.05, 3.63) is 83.9 Å². The van der Waals surface area contributed by atoms with E-state index in [2.05, 4.69) is 77.0 Å². The van der Waals surface area contributed by atoms with Crippen molar-refractivity contribution in [1.29, 1.82) is 0 Å². The zero-order chi connectivity index (χ0) is 19.5. The number of nitrogens with zero attached hydrogens (tertiary/aromatic N) is 1. The first-order valence-electron chi connectivity index (χ1n) is 8.99. The van der Waals surface area contributed by atoms with Gasteiger partial charge in [-0.1, -0.05) is 72.3 Å². The molecule has 0 spiro atoms. The Balaban J connectivity index is 1.99. The summed E-state index contributed by atoms with van der Waals surface area (Å²) >= 11 is 4.87. The molecule has 3 aromatic carbocycles. The second-order valence-corrected chi connectivity index (χ2v) is 7.05. The van der Waals surface area contributed by atoms with Gasteiger partial charge in [0.1, 0.15) is 0 Å². The van der Waals surface area contributed by atoms with E-state index in [1.54, 1.807) is 6.21 Å². The lowest BCUT2D eigenvalue weighted by atomic mass is 9.96. The Morgan fingerprint density at radius 1 is 1.00 bits per heavy atom. The zero-order valence-electron chi connectivity index (χ0n) is 15.4. The van der Waals surface area contributed by atoms with Gasteiger partial charge in [-0.15, -0.1) is 0 Å². The summed E-state index contributed by atoms with van der Waals surface area (Å²) < 4.78 is 0. The molecular formula is C23H20N4S. The summed E-state index contributed by atoms with van der Waals surface area (Å²) in [5.74, 6) is 0. The Kier molecular flexibility index (Phi) is 4.91. The Labute approximate surface area is 169 Å². The molecule has 0 fully saturated rings. The van der Waals surface area contributed by atoms with Gasteiger partial charge in [0.15, 0.2) is 5.11 Å². The van der Waals surface area contributed by atoms with E-state index < -0.39 is 0 Å². The van der Waals surface area contributed by atoms with Crippen molar-refractivity contribution in [1.82, 2.24) is 10.4 Å². The van der Waals surface area contributed by atoms with E-state index in [1.165, 1.54) is 11.1 Å². The quantitative estimate of drug-likeness (QED) is 0.264. The van der Waals surface area contributed by atoms with Crippen LogP contribution in [0.5, 0.6) is 0 Å². The number of nitrogens with two attached hydrogens (primary N) is 1. The number of hydrazone groups is 1. The van der Waals surface area contributed by atoms with Crippen molar-refractivity contribution in [2.24, 2.45) is 10.8 Å². The topological polar surface area (TPSA) is 66.2 Å². The van der Waals surface area contributed by atoms with Crippen molar-refractivity contribution in [2.45, 2.75) is 6.92 Å². The molecule has 4 aromatic rings. The molecule has 138 valence electrons. The highest BCUT2D eigenvalue weighted by atomic mass is 32.1. The zero-order valence-corrected chi connectivity index (χ0v) is 16.3. The molecule has 0 amide bonds. The summed E-state index contributed by atoms with van der Waals surface area (Å²) in [5.41, 5.74) is 15.9. The third-order valence-electron chi connectivity index (χ3n) is 4.62. The van der Waals surface area contributed by atoms with Gasteiger partial charge in [-0.05, 0) is 41.9 Å². The lowest BCUT2D eigenvalue weighted by Gasteiger charge is -2.07. The summed E-state index contributed by atoms with van der Waals surface area (Å²) in [6.07, 6.45) is 1.78. The fourth-order valence-electron chi connectivity index (χ4n) is 3.45. The van der Waals surface area contributed by atoms with Gasteiger partial charge in [-0.25, -0.2) is 0 Å². The monoisotopic (exact) mass is 384 g/mol. The van der Waals surface area contributed by atoms with Gasteiger partial charge in [0.2, 0.25) is 0 Å². The Bertz CT molecular complexity index is 1180. The maximum atomic E-state index is 5.53. The van der Waals surface area contributed by atoms with Crippen LogP contribution in [0.2, 0.25) is 0 Å². The van der Waals surface area contributed by atoms with Crippen LogP contribution in [-0.4, -0.2) is 16.3 Å². The molecule has 4 rings (SSSR count). The maximum Gasteiger partial charge on any atom is 0.184 e. The average Bonchev–Trinajstić information content (AvgIpc) is 3.07. The van der Waals surface area contributed by atoms with Crippen molar-refractivity contribution in [3.63, 3.8) is 0 Å². The normalized spacial score (nSPS) is 11.2. The van der Waals surface area contributed by atoms with E-state index in [-0.39, 0.29) is 5.11 Å². The second kappa shape index (κ2) is 7.66. The molecule has 0 bridgehead atoms. The van der Waals surface area contributed by atoms with Gasteiger partial charge < -0.3 is 10.7 Å². The predicted molar refractivity (Wildman–Crippen MR) is 121 cm³/mol. The molecule has 0 saturated carbocycles. The fraction of sp³-hybridized carbons (Fsp3) is 0.0435. The molecule has 0 atom stereocenters. The Hall–Kier alpha value is -3.44. The number of rotatable bonds is 4. The highest BCUT2D eigenvalue weighted by molar-refractivity contribution is 7.80. The van der Waals surface area contributed by atoms with Crippen molar-refractivity contribution >= 4 is 34.4 Å². The van der Waals surface area contributed by atoms with Crippen LogP contribution >= 0.6 is 12.2 Å². The van der Waals surface area contributed by atoms with Crippen LogP contribution in [0.15, 0.2) is 77.9 Å². The Morgan fingerprint density at radius 3 is 2.50 bits per heavy atom. The summed E-state index contributed by atoms with van der Waals surface area (Å²) in [4.78, 5) is 3.56. The minimum atomic E-state index is 0.135. The molecule has 0 aliphatic heterocycles. The van der Waals surface area contributed by atoms with Crippen molar-refractivity contribution in [2.75, 3.05) is 0 Å². The SMILES string of the molecule is Cc1cccc(-c2cccc3[nH]c(-c4ccccc4)c(C=NNC(N)=S)c23)c1. The van der Waals surface area contributed by atoms with Crippen LogP contribution in [-0.2, 0) is 0 Å². The molecule has 0 aliphatic rings. The molecule has 1 heterocycles. The van der Waals surface area contributed by atoms with Crippen molar-refractivity contribution < 1.29 is 0 Å². The van der Waals surface area contributed by atoms with Crippen LogP contribution in [0.25, 0.3) is 33.3 Å². The average molecular weight is 385 g/mol. The predicted octanol–water partition coefficient (Wildman–Crippen LogP) is 4.98.